The van der Waals surface area contributed by atoms with Crippen LogP contribution in [0.3, 0.4) is 0 Å². The fourth-order valence-corrected chi connectivity index (χ4v) is 2.91. The zero-order valence-electron chi connectivity index (χ0n) is 15.5. The van der Waals surface area contributed by atoms with Crippen LogP contribution in [0.2, 0.25) is 0 Å². The monoisotopic (exact) mass is 404 g/mol. The number of ether oxygens (including phenoxy) is 2. The summed E-state index contributed by atoms with van der Waals surface area (Å²) in [5.41, 5.74) is -0.352. The Morgan fingerprint density at radius 1 is 0.567 bits per heavy atom. The minimum atomic E-state index is -0.824. The van der Waals surface area contributed by atoms with Gasteiger partial charge in [0.25, 0.3) is 0 Å². The van der Waals surface area contributed by atoms with E-state index in [0.29, 0.717) is 5.39 Å². The molecule has 4 aromatic carbocycles. The van der Waals surface area contributed by atoms with Gasteiger partial charge in [0.2, 0.25) is 0 Å². The van der Waals surface area contributed by atoms with Gasteiger partial charge in [-0.15, -0.1) is 0 Å². The van der Waals surface area contributed by atoms with Crippen molar-refractivity contribution < 1.29 is 27.8 Å². The Hall–Kier alpha value is -4.06. The average Bonchev–Trinajstić information content (AvgIpc) is 2.74. The van der Waals surface area contributed by atoms with Crippen LogP contribution in [0, 0.1) is 11.6 Å². The third kappa shape index (κ3) is 4.03. The number of benzene rings is 4. The standard InChI is InChI=1S/C24H14F2O4/c25-21-7-3-1-5-19(21)23(27)29-17-11-9-15-10-12-18(14-16(15)13-17)30-24(28)20-6-2-4-8-22(20)26/h1-14H. The molecule has 0 atom stereocenters. The van der Waals surface area contributed by atoms with Gasteiger partial charge in [-0.3, -0.25) is 0 Å². The number of carbonyl (C=O) groups excluding carboxylic acids is 2. The third-order valence-electron chi connectivity index (χ3n) is 4.39. The highest BCUT2D eigenvalue weighted by atomic mass is 19.1. The van der Waals surface area contributed by atoms with E-state index in [0.717, 1.165) is 5.39 Å². The molecule has 0 bridgehead atoms. The number of esters is 2. The van der Waals surface area contributed by atoms with Crippen molar-refractivity contribution in [2.45, 2.75) is 0 Å². The molecule has 0 radical (unpaired) electrons. The Balaban J connectivity index is 1.57. The summed E-state index contributed by atoms with van der Waals surface area (Å²) in [5.74, 6) is -2.60. The Bertz CT molecular complexity index is 1170. The van der Waals surface area contributed by atoms with Gasteiger partial charge in [-0.25, -0.2) is 18.4 Å². The zero-order valence-corrected chi connectivity index (χ0v) is 15.5. The molecule has 0 heterocycles. The van der Waals surface area contributed by atoms with Crippen LogP contribution in [0.4, 0.5) is 8.78 Å². The van der Waals surface area contributed by atoms with Crippen molar-refractivity contribution in [3.63, 3.8) is 0 Å². The fraction of sp³-hybridized carbons (Fsp3) is 0. The van der Waals surface area contributed by atoms with E-state index in [-0.39, 0.29) is 22.6 Å². The minimum Gasteiger partial charge on any atom is -0.423 e. The minimum absolute atomic E-state index is 0.176. The van der Waals surface area contributed by atoms with Crippen molar-refractivity contribution >= 4 is 22.7 Å². The largest absolute Gasteiger partial charge is 0.423 e. The van der Waals surface area contributed by atoms with Gasteiger partial charge in [0, 0.05) is 0 Å². The summed E-state index contributed by atoms with van der Waals surface area (Å²) in [5, 5.41) is 1.42. The predicted octanol–water partition coefficient (Wildman–Crippen LogP) is 5.56. The molecule has 0 aliphatic carbocycles. The van der Waals surface area contributed by atoms with Crippen LogP contribution in [-0.4, -0.2) is 11.9 Å². The van der Waals surface area contributed by atoms with Crippen LogP contribution in [-0.2, 0) is 0 Å². The molecule has 0 saturated heterocycles. The first-order chi connectivity index (χ1) is 14.5. The molecule has 4 nitrogen and oxygen atoms in total. The average molecular weight is 404 g/mol. The number of fused-ring (bicyclic) bond motifs is 1. The highest BCUT2D eigenvalue weighted by Gasteiger charge is 2.15. The lowest BCUT2D eigenvalue weighted by molar-refractivity contribution is 0.0721. The van der Waals surface area contributed by atoms with E-state index in [9.17, 15) is 18.4 Å². The van der Waals surface area contributed by atoms with Gasteiger partial charge in [-0.2, -0.15) is 0 Å². The lowest BCUT2D eigenvalue weighted by atomic mass is 10.1. The lowest BCUT2D eigenvalue weighted by Gasteiger charge is -2.09. The molecule has 30 heavy (non-hydrogen) atoms. The van der Waals surface area contributed by atoms with Crippen LogP contribution < -0.4 is 9.47 Å². The first kappa shape index (κ1) is 19.3. The van der Waals surface area contributed by atoms with Gasteiger partial charge in [0.15, 0.2) is 0 Å². The predicted molar refractivity (Wildman–Crippen MR) is 107 cm³/mol. The normalized spacial score (nSPS) is 10.6. The van der Waals surface area contributed by atoms with Crippen LogP contribution in [0.15, 0.2) is 84.9 Å². The number of carbonyl (C=O) groups is 2. The molecule has 0 saturated carbocycles. The lowest BCUT2D eigenvalue weighted by Crippen LogP contribution is -2.11. The van der Waals surface area contributed by atoms with Gasteiger partial charge in [-0.1, -0.05) is 36.4 Å². The van der Waals surface area contributed by atoms with Crippen LogP contribution in [0.5, 0.6) is 11.5 Å². The number of rotatable bonds is 4. The molecule has 0 aromatic heterocycles. The molecular formula is C24H14F2O4. The summed E-state index contributed by atoms with van der Waals surface area (Å²) in [4.78, 5) is 24.4. The SMILES string of the molecule is O=C(Oc1ccc2ccc(OC(=O)c3ccccc3F)cc2c1)c1ccccc1F. The number of hydrogen-bond acceptors (Lipinski definition) is 4. The summed E-state index contributed by atoms with van der Waals surface area (Å²) in [7, 11) is 0. The van der Waals surface area contributed by atoms with Crippen molar-refractivity contribution in [3.8, 4) is 11.5 Å². The first-order valence-electron chi connectivity index (χ1n) is 8.98. The Kier molecular flexibility index (Phi) is 5.22. The smallest absolute Gasteiger partial charge is 0.346 e. The molecule has 0 amide bonds. The highest BCUT2D eigenvalue weighted by molar-refractivity contribution is 5.94. The van der Waals surface area contributed by atoms with Crippen molar-refractivity contribution in [2.24, 2.45) is 0 Å². The Labute approximate surface area is 170 Å². The van der Waals surface area contributed by atoms with E-state index < -0.39 is 23.6 Å². The van der Waals surface area contributed by atoms with Crippen molar-refractivity contribution in [1.29, 1.82) is 0 Å². The number of halogens is 2. The van der Waals surface area contributed by atoms with Gasteiger partial charge in [-0.05, 0) is 59.3 Å². The molecule has 0 spiro atoms. The third-order valence-corrected chi connectivity index (χ3v) is 4.39. The van der Waals surface area contributed by atoms with Crippen molar-refractivity contribution in [1.82, 2.24) is 0 Å². The second-order valence-electron chi connectivity index (χ2n) is 6.41. The van der Waals surface area contributed by atoms with E-state index in [1.165, 1.54) is 48.5 Å². The maximum absolute atomic E-state index is 13.8. The van der Waals surface area contributed by atoms with Gasteiger partial charge >= 0.3 is 11.9 Å². The molecule has 6 heteroatoms. The van der Waals surface area contributed by atoms with E-state index in [1.807, 2.05) is 0 Å². The first-order valence-corrected chi connectivity index (χ1v) is 8.98. The van der Waals surface area contributed by atoms with Crippen LogP contribution >= 0.6 is 0 Å². The summed E-state index contributed by atoms with van der Waals surface area (Å²) in [6.07, 6.45) is 0. The maximum atomic E-state index is 13.8. The van der Waals surface area contributed by atoms with Crippen molar-refractivity contribution in [2.75, 3.05) is 0 Å². The molecule has 0 aliphatic rings. The van der Waals surface area contributed by atoms with Crippen LogP contribution in [0.25, 0.3) is 10.8 Å². The number of hydrogen-bond donors (Lipinski definition) is 0. The van der Waals surface area contributed by atoms with E-state index in [2.05, 4.69) is 0 Å². The topological polar surface area (TPSA) is 52.6 Å². The second-order valence-corrected chi connectivity index (χ2v) is 6.41. The van der Waals surface area contributed by atoms with Gasteiger partial charge < -0.3 is 9.47 Å². The molecule has 4 aromatic rings. The maximum Gasteiger partial charge on any atom is 0.346 e. The van der Waals surface area contributed by atoms with E-state index >= 15 is 0 Å². The highest BCUT2D eigenvalue weighted by Crippen LogP contribution is 2.26. The van der Waals surface area contributed by atoms with E-state index in [4.69, 9.17) is 9.47 Å². The molecular weight excluding hydrogens is 390 g/mol. The summed E-state index contributed by atoms with van der Waals surface area (Å²) < 4.78 is 38.0. The fourth-order valence-electron chi connectivity index (χ4n) is 2.91. The molecule has 0 fully saturated rings. The van der Waals surface area contributed by atoms with Gasteiger partial charge in [0.05, 0.1) is 11.1 Å². The molecule has 4 rings (SSSR count). The Morgan fingerprint density at radius 3 is 1.43 bits per heavy atom. The van der Waals surface area contributed by atoms with E-state index in [1.54, 1.807) is 36.4 Å². The molecule has 0 unspecified atom stereocenters. The molecule has 0 aliphatic heterocycles. The molecule has 148 valence electrons. The van der Waals surface area contributed by atoms with Gasteiger partial charge in [0.1, 0.15) is 23.1 Å². The summed E-state index contributed by atoms with van der Waals surface area (Å²) in [6.45, 7) is 0. The summed E-state index contributed by atoms with van der Waals surface area (Å²) >= 11 is 0. The Morgan fingerprint density at radius 2 is 1.00 bits per heavy atom. The summed E-state index contributed by atoms with van der Waals surface area (Å²) in [6, 6.07) is 20.7. The molecule has 0 N–H and O–H groups in total. The van der Waals surface area contributed by atoms with Crippen molar-refractivity contribution in [3.05, 3.63) is 108 Å². The second kappa shape index (κ2) is 8.13. The quantitative estimate of drug-likeness (QED) is 0.330. The zero-order chi connectivity index (χ0) is 21.1. The van der Waals surface area contributed by atoms with Crippen LogP contribution in [0.1, 0.15) is 20.7 Å².